The average molecular weight is 431 g/mol. The minimum absolute atomic E-state index is 0.0843. The molecule has 30 heavy (non-hydrogen) atoms. The van der Waals surface area contributed by atoms with Gasteiger partial charge >= 0.3 is 0 Å². The van der Waals surface area contributed by atoms with E-state index >= 15 is 0 Å². The van der Waals surface area contributed by atoms with Gasteiger partial charge in [-0.3, -0.25) is 9.20 Å². The Hall–Kier alpha value is -2.45. The van der Waals surface area contributed by atoms with E-state index in [1.165, 1.54) is 23.5 Å². The number of nitrogens with zero attached hydrogens (tertiary/aromatic N) is 3. The van der Waals surface area contributed by atoms with Crippen molar-refractivity contribution in [1.29, 1.82) is 0 Å². The van der Waals surface area contributed by atoms with Crippen molar-refractivity contribution >= 4 is 28.0 Å². The Morgan fingerprint density at radius 3 is 2.67 bits per heavy atom. The number of carbonyl (C=O) groups is 1. The van der Waals surface area contributed by atoms with Crippen molar-refractivity contribution in [3.63, 3.8) is 0 Å². The number of carbonyl (C=O) groups excluding carboxylic acids is 1. The van der Waals surface area contributed by atoms with E-state index in [0.29, 0.717) is 19.1 Å². The molecule has 2 aromatic heterocycles. The van der Waals surface area contributed by atoms with Gasteiger partial charge in [-0.05, 0) is 49.9 Å². The predicted molar refractivity (Wildman–Crippen MR) is 118 cm³/mol. The largest absolute Gasteiger partial charge is 0.383 e. The van der Waals surface area contributed by atoms with E-state index in [2.05, 4.69) is 12.2 Å². The summed E-state index contributed by atoms with van der Waals surface area (Å²) in [5, 5.41) is 3.39. The molecular weight excluding hydrogens is 403 g/mol. The van der Waals surface area contributed by atoms with Crippen molar-refractivity contribution in [2.75, 3.05) is 38.7 Å². The molecule has 8 heteroatoms. The van der Waals surface area contributed by atoms with Gasteiger partial charge in [-0.15, -0.1) is 0 Å². The van der Waals surface area contributed by atoms with Crippen LogP contribution in [0.5, 0.6) is 0 Å². The predicted octanol–water partition coefficient (Wildman–Crippen LogP) is 4.44. The zero-order valence-corrected chi connectivity index (χ0v) is 18.4. The zero-order valence-electron chi connectivity index (χ0n) is 17.6. The lowest BCUT2D eigenvalue weighted by atomic mass is 9.99. The number of halogens is 1. The van der Waals surface area contributed by atoms with Crippen LogP contribution < -0.4 is 5.32 Å². The van der Waals surface area contributed by atoms with E-state index in [-0.39, 0.29) is 11.7 Å². The van der Waals surface area contributed by atoms with E-state index < -0.39 is 0 Å². The third-order valence-corrected chi connectivity index (χ3v) is 6.82. The number of piperidine rings is 1. The molecule has 4 rings (SSSR count). The van der Waals surface area contributed by atoms with Crippen molar-refractivity contribution in [2.45, 2.75) is 26.7 Å². The van der Waals surface area contributed by atoms with Crippen LogP contribution in [0.15, 0.2) is 24.3 Å². The van der Waals surface area contributed by atoms with Crippen molar-refractivity contribution in [2.24, 2.45) is 5.92 Å². The summed E-state index contributed by atoms with van der Waals surface area (Å²) < 4.78 is 20.6. The first kappa shape index (κ1) is 20.8. The van der Waals surface area contributed by atoms with Gasteiger partial charge in [0.05, 0.1) is 6.61 Å². The standard InChI is InChI=1S/C22H27FN4O2S/c1-14-8-11-26(12-9-14)21(28)19-15(2)27-20(24-10-13-29-3)18(25-22(27)30-19)16-4-6-17(23)7-5-16/h4-7,14,24H,8-13H2,1-3H3. The van der Waals surface area contributed by atoms with E-state index in [4.69, 9.17) is 9.72 Å². The van der Waals surface area contributed by atoms with E-state index in [1.807, 2.05) is 16.2 Å². The maximum atomic E-state index is 13.4. The second-order valence-corrected chi connectivity index (χ2v) is 8.82. The molecule has 1 aliphatic rings. The van der Waals surface area contributed by atoms with Crippen LogP contribution in [0.4, 0.5) is 10.2 Å². The van der Waals surface area contributed by atoms with Gasteiger partial charge in [-0.2, -0.15) is 0 Å². The van der Waals surface area contributed by atoms with Crippen LogP contribution in [0.2, 0.25) is 0 Å². The molecule has 1 saturated heterocycles. The molecule has 1 amide bonds. The lowest BCUT2D eigenvalue weighted by Crippen LogP contribution is -2.37. The van der Waals surface area contributed by atoms with E-state index in [9.17, 15) is 9.18 Å². The first-order valence-corrected chi connectivity index (χ1v) is 11.1. The Kier molecular flexibility index (Phi) is 6.06. The molecule has 1 aromatic carbocycles. The lowest BCUT2D eigenvalue weighted by molar-refractivity contribution is 0.0701. The molecule has 0 bridgehead atoms. The minimum atomic E-state index is -0.284. The number of methoxy groups -OCH3 is 1. The number of anilines is 1. The normalized spacial score (nSPS) is 15.1. The molecule has 160 valence electrons. The maximum absolute atomic E-state index is 13.4. The summed E-state index contributed by atoms with van der Waals surface area (Å²) in [7, 11) is 1.65. The molecule has 3 aromatic rings. The molecule has 1 N–H and O–H groups in total. The molecule has 1 aliphatic heterocycles. The lowest BCUT2D eigenvalue weighted by Gasteiger charge is -2.30. The molecule has 0 spiro atoms. The van der Waals surface area contributed by atoms with Gasteiger partial charge in [-0.25, -0.2) is 9.37 Å². The van der Waals surface area contributed by atoms with Crippen LogP contribution in [0.1, 0.15) is 35.1 Å². The van der Waals surface area contributed by atoms with Gasteiger partial charge in [0.25, 0.3) is 5.91 Å². The van der Waals surface area contributed by atoms with Gasteiger partial charge in [0.1, 0.15) is 22.2 Å². The first-order valence-electron chi connectivity index (χ1n) is 10.3. The number of nitrogens with one attached hydrogen (secondary N) is 1. The molecule has 0 saturated carbocycles. The summed E-state index contributed by atoms with van der Waals surface area (Å²) in [4.78, 5) is 21.4. The Morgan fingerprint density at radius 1 is 1.30 bits per heavy atom. The molecule has 3 heterocycles. The van der Waals surface area contributed by atoms with Crippen LogP contribution in [-0.4, -0.2) is 53.5 Å². The number of hydrogen-bond donors (Lipinski definition) is 1. The van der Waals surface area contributed by atoms with Gasteiger partial charge in [-0.1, -0.05) is 18.3 Å². The highest BCUT2D eigenvalue weighted by Crippen LogP contribution is 2.35. The number of rotatable bonds is 6. The monoisotopic (exact) mass is 430 g/mol. The number of benzene rings is 1. The summed E-state index contributed by atoms with van der Waals surface area (Å²) in [6, 6.07) is 6.31. The smallest absolute Gasteiger partial charge is 0.265 e. The topological polar surface area (TPSA) is 58.9 Å². The molecule has 6 nitrogen and oxygen atoms in total. The Balaban J connectivity index is 1.73. The number of amides is 1. The number of fused-ring (bicyclic) bond motifs is 1. The fourth-order valence-electron chi connectivity index (χ4n) is 3.84. The Labute approximate surface area is 179 Å². The second kappa shape index (κ2) is 8.73. The van der Waals surface area contributed by atoms with Crippen molar-refractivity contribution in [3.05, 3.63) is 40.7 Å². The summed E-state index contributed by atoms with van der Waals surface area (Å²) in [5.41, 5.74) is 2.44. The van der Waals surface area contributed by atoms with Gasteiger partial charge in [0.15, 0.2) is 4.96 Å². The Bertz CT molecular complexity index is 1040. The Morgan fingerprint density at radius 2 is 2.00 bits per heavy atom. The number of thiazole rings is 1. The summed E-state index contributed by atoms with van der Waals surface area (Å²) in [6.07, 6.45) is 2.09. The maximum Gasteiger partial charge on any atom is 0.265 e. The molecule has 1 fully saturated rings. The molecule has 0 aliphatic carbocycles. The minimum Gasteiger partial charge on any atom is -0.383 e. The summed E-state index contributed by atoms with van der Waals surface area (Å²) in [6.45, 7) is 6.94. The third kappa shape index (κ3) is 3.94. The fraction of sp³-hybridized carbons (Fsp3) is 0.455. The summed E-state index contributed by atoms with van der Waals surface area (Å²) >= 11 is 1.41. The van der Waals surface area contributed by atoms with Crippen LogP contribution in [-0.2, 0) is 4.74 Å². The van der Waals surface area contributed by atoms with Crippen molar-refractivity contribution < 1.29 is 13.9 Å². The number of likely N-dealkylation sites (tertiary alicyclic amines) is 1. The first-order chi connectivity index (χ1) is 14.5. The van der Waals surface area contributed by atoms with E-state index in [0.717, 1.165) is 58.5 Å². The second-order valence-electron chi connectivity index (χ2n) is 7.84. The number of aryl methyl sites for hydroxylation is 1. The number of hydrogen-bond acceptors (Lipinski definition) is 5. The average Bonchev–Trinajstić information content (AvgIpc) is 3.26. The summed E-state index contributed by atoms with van der Waals surface area (Å²) in [5.74, 6) is 1.27. The third-order valence-electron chi connectivity index (χ3n) is 5.69. The van der Waals surface area contributed by atoms with Crippen molar-refractivity contribution in [3.8, 4) is 11.3 Å². The van der Waals surface area contributed by atoms with Crippen molar-refractivity contribution in [1.82, 2.24) is 14.3 Å². The SMILES string of the molecule is COCCNc1c(-c2ccc(F)cc2)nc2sc(C(=O)N3CCC(C)CC3)c(C)n12. The fourth-order valence-corrected chi connectivity index (χ4v) is 4.94. The molecule has 0 unspecified atom stereocenters. The van der Waals surface area contributed by atoms with Crippen LogP contribution in [0.3, 0.4) is 0 Å². The van der Waals surface area contributed by atoms with Crippen LogP contribution >= 0.6 is 11.3 Å². The number of imidazole rings is 1. The van der Waals surface area contributed by atoms with Gasteiger partial charge < -0.3 is 15.0 Å². The van der Waals surface area contributed by atoms with Crippen LogP contribution in [0.25, 0.3) is 16.2 Å². The molecule has 0 atom stereocenters. The number of ether oxygens (including phenoxy) is 1. The van der Waals surface area contributed by atoms with Gasteiger partial charge in [0, 0.05) is 38.0 Å². The highest BCUT2D eigenvalue weighted by atomic mass is 32.1. The molecule has 0 radical (unpaired) electrons. The quantitative estimate of drug-likeness (QED) is 0.588. The van der Waals surface area contributed by atoms with Crippen LogP contribution in [0, 0.1) is 18.7 Å². The number of aromatic nitrogens is 2. The zero-order chi connectivity index (χ0) is 21.3. The highest BCUT2D eigenvalue weighted by Gasteiger charge is 2.27. The van der Waals surface area contributed by atoms with E-state index in [1.54, 1.807) is 19.2 Å². The highest BCUT2D eigenvalue weighted by molar-refractivity contribution is 7.19. The molecular formula is C22H27FN4O2S. The van der Waals surface area contributed by atoms with Gasteiger partial charge in [0.2, 0.25) is 0 Å².